The monoisotopic (exact) mass is 1530 g/mol. The lowest BCUT2D eigenvalue weighted by Crippen LogP contribution is -2.33. The number of carboxylic acids is 3. The standard InChI is InChI=1S/C31H34N2O4S.C29H29NO4S.C25H29N3O5S2/c1-4-5-22-33(38(36,37)30-15-9-11-26-27(30)12-8-14-29(26)32(2)3)28-13-7-6-10-24(28)19-16-23-17-20-25(21-18-23)31(34)35;1-2-3-20-30(35(33,34)27-19-18-23-8-4-5-10-26(23)21-27)28-11-7-6-9-24(28)15-12-22-13-16-25(17-14-22)29(31)32;1-4-5-16-28(35(32,33)24-17(2)26-25(34-24)27-18(3)29)22-9-7-6-8-20(22)13-10-19-11-14-21(15-12-19)23(30)31/h6-15,17-18,20-21H,4-5,16,19,22H2,1-3H3,(H,34,35);4-11,13-14,16-19,21H,2-3,12,15,20H2,1H3,(H,31,32);6-9,11-12,14-15H,4-5,10,13,16H2,1-3H3,(H,30,31)(H,26,27,29). The molecule has 23 heteroatoms. The second kappa shape index (κ2) is 37.7. The maximum atomic E-state index is 14.3. The summed E-state index contributed by atoms with van der Waals surface area (Å²) in [5.41, 5.74) is 9.73. The Hall–Kier alpha value is -10.7. The second-order valence-electron chi connectivity index (χ2n) is 26.3. The van der Waals surface area contributed by atoms with Gasteiger partial charge in [-0.2, -0.15) is 0 Å². The molecule has 0 radical (unpaired) electrons. The third-order valence-corrected chi connectivity index (χ3v) is 25.5. The number of nitrogens with one attached hydrogen (secondary N) is 1. The third kappa shape index (κ3) is 20.5. The largest absolute Gasteiger partial charge is 0.478 e. The Morgan fingerprint density at radius 3 is 1.21 bits per heavy atom. The van der Waals surface area contributed by atoms with Crippen LogP contribution in [0.1, 0.15) is 136 Å². The van der Waals surface area contributed by atoms with Crippen LogP contribution in [0, 0.1) is 6.92 Å². The summed E-state index contributed by atoms with van der Waals surface area (Å²) >= 11 is 0.950. The molecule has 0 bridgehead atoms. The van der Waals surface area contributed by atoms with Gasteiger partial charge in [-0.1, -0.05) is 197 Å². The number of para-hydroxylation sites is 3. The Morgan fingerprint density at radius 1 is 0.417 bits per heavy atom. The molecule has 19 nitrogen and oxygen atoms in total. The molecule has 0 aliphatic heterocycles. The highest BCUT2D eigenvalue weighted by molar-refractivity contribution is 7.95. The van der Waals surface area contributed by atoms with Gasteiger partial charge in [0.25, 0.3) is 30.1 Å². The number of aromatic carboxylic acids is 3. The molecule has 1 heterocycles. The van der Waals surface area contributed by atoms with E-state index in [1.807, 2.05) is 185 Å². The lowest BCUT2D eigenvalue weighted by atomic mass is 10.0. The van der Waals surface area contributed by atoms with Crippen LogP contribution in [0.4, 0.5) is 27.9 Å². The molecule has 10 aromatic carbocycles. The van der Waals surface area contributed by atoms with E-state index in [4.69, 9.17) is 15.3 Å². The van der Waals surface area contributed by atoms with Crippen LogP contribution in [0.5, 0.6) is 0 Å². The lowest BCUT2D eigenvalue weighted by molar-refractivity contribution is -0.114. The van der Waals surface area contributed by atoms with Crippen molar-refractivity contribution in [1.82, 2.24) is 4.98 Å². The predicted octanol–water partition coefficient (Wildman–Crippen LogP) is 17.6. The van der Waals surface area contributed by atoms with Crippen molar-refractivity contribution in [1.29, 1.82) is 0 Å². The zero-order valence-corrected chi connectivity index (χ0v) is 65.0. The van der Waals surface area contributed by atoms with Crippen molar-refractivity contribution in [3.63, 3.8) is 0 Å². The number of amides is 1. The number of hydrogen-bond acceptors (Lipinski definition) is 13. The van der Waals surface area contributed by atoms with Gasteiger partial charge in [0.15, 0.2) is 9.34 Å². The molecule has 1 aromatic heterocycles. The van der Waals surface area contributed by atoms with E-state index in [2.05, 4.69) is 17.2 Å². The first-order valence-electron chi connectivity index (χ1n) is 36.0. The number of aromatic nitrogens is 1. The number of aryl methyl sites for hydroxylation is 7. The van der Waals surface area contributed by atoms with Gasteiger partial charge in [0.1, 0.15) is 0 Å². The van der Waals surface area contributed by atoms with E-state index in [1.54, 1.807) is 88.3 Å². The van der Waals surface area contributed by atoms with Gasteiger partial charge in [-0.05, 0) is 188 Å². The summed E-state index contributed by atoms with van der Waals surface area (Å²) in [6.07, 6.45) is 8.54. The van der Waals surface area contributed by atoms with Gasteiger partial charge in [-0.15, -0.1) is 0 Å². The van der Waals surface area contributed by atoms with Gasteiger partial charge >= 0.3 is 17.9 Å². The number of nitrogens with zero attached hydrogens (tertiary/aromatic N) is 5. The van der Waals surface area contributed by atoms with E-state index in [1.165, 1.54) is 11.2 Å². The molecular weight excluding hydrogens is 1440 g/mol. The summed E-state index contributed by atoms with van der Waals surface area (Å²) in [4.78, 5) is 51.6. The Morgan fingerprint density at radius 2 is 0.796 bits per heavy atom. The van der Waals surface area contributed by atoms with Gasteiger partial charge in [-0.25, -0.2) is 44.6 Å². The van der Waals surface area contributed by atoms with Crippen LogP contribution >= 0.6 is 11.3 Å². The number of carboxylic acid groups (broad SMARTS) is 3. The second-order valence-corrected chi connectivity index (χ2v) is 33.0. The summed E-state index contributed by atoms with van der Waals surface area (Å²) < 4.78 is 88.7. The fraction of sp³-hybridized carbons (Fsp3) is 0.259. The molecule has 1 amide bonds. The van der Waals surface area contributed by atoms with Crippen LogP contribution in [0.15, 0.2) is 238 Å². The topological polar surface area (TPSA) is 269 Å². The smallest absolute Gasteiger partial charge is 0.335 e. The van der Waals surface area contributed by atoms with Gasteiger partial charge in [0.2, 0.25) is 5.91 Å². The van der Waals surface area contributed by atoms with Gasteiger partial charge in [0, 0.05) is 57.1 Å². The lowest BCUT2D eigenvalue weighted by Gasteiger charge is -2.28. The minimum Gasteiger partial charge on any atom is -0.478 e. The zero-order chi connectivity index (χ0) is 77.7. The number of thiazole rings is 1. The number of carbonyl (C=O) groups excluding carboxylic acids is 1. The summed E-state index contributed by atoms with van der Waals surface area (Å²) in [6, 6.07) is 67.3. The van der Waals surface area contributed by atoms with Crippen LogP contribution in [0.2, 0.25) is 0 Å². The van der Waals surface area contributed by atoms with E-state index in [-0.39, 0.29) is 36.8 Å². The van der Waals surface area contributed by atoms with Gasteiger partial charge < -0.3 is 25.5 Å². The SMILES string of the molecule is CCCCN(c1ccccc1CCc1ccc(C(=O)O)cc1)S(=O)(=O)c1ccc2ccccc2c1.CCCCN(c1ccccc1CCc1ccc(C(=O)O)cc1)S(=O)(=O)c1cccc2c(N(C)C)cccc12.CCCCN(c1ccccc1CCc1ccc(C(=O)O)cc1)S(=O)(=O)c1sc(NC(C)=O)nc1C. The molecule has 0 unspecified atom stereocenters. The quantitative estimate of drug-likeness (QED) is 0.0305. The summed E-state index contributed by atoms with van der Waals surface area (Å²) in [5, 5.41) is 33.7. The molecule has 564 valence electrons. The summed E-state index contributed by atoms with van der Waals surface area (Å²) in [5.74, 6) is -3.19. The summed E-state index contributed by atoms with van der Waals surface area (Å²) in [6.45, 7) is 10.2. The van der Waals surface area contributed by atoms with E-state index in [9.17, 15) is 44.4 Å². The average molecular weight is 1530 g/mol. The number of hydrogen-bond donors (Lipinski definition) is 4. The van der Waals surface area contributed by atoms with Crippen LogP contribution in [0.25, 0.3) is 21.5 Å². The highest BCUT2D eigenvalue weighted by atomic mass is 32.2. The number of anilines is 5. The Balaban J connectivity index is 0.000000187. The maximum Gasteiger partial charge on any atom is 0.335 e. The number of carbonyl (C=O) groups is 4. The molecule has 0 aliphatic rings. The zero-order valence-electron chi connectivity index (χ0n) is 61.8. The first-order chi connectivity index (χ1) is 51.8. The highest BCUT2D eigenvalue weighted by Crippen LogP contribution is 2.38. The number of sulfonamides is 3. The fourth-order valence-corrected chi connectivity index (χ4v) is 19.0. The molecule has 0 saturated carbocycles. The predicted molar refractivity (Wildman–Crippen MR) is 433 cm³/mol. The maximum absolute atomic E-state index is 14.3. The van der Waals surface area contributed by atoms with E-state index < -0.39 is 48.0 Å². The number of unbranched alkanes of at least 4 members (excludes halogenated alkanes) is 3. The van der Waals surface area contributed by atoms with Crippen molar-refractivity contribution in [3.8, 4) is 0 Å². The first-order valence-corrected chi connectivity index (χ1v) is 41.1. The molecule has 0 atom stereocenters. The van der Waals surface area contributed by atoms with Gasteiger partial charge in [0.05, 0.1) is 49.2 Å². The number of rotatable bonds is 32. The third-order valence-electron chi connectivity index (χ3n) is 18.4. The highest BCUT2D eigenvalue weighted by Gasteiger charge is 2.33. The molecular formula is C85H92N6O13S4. The van der Waals surface area contributed by atoms with Crippen molar-refractivity contribution >= 4 is 115 Å². The van der Waals surface area contributed by atoms with Gasteiger partial charge in [-0.3, -0.25) is 17.7 Å². The molecule has 0 spiro atoms. The van der Waals surface area contributed by atoms with Crippen LogP contribution in [0.3, 0.4) is 0 Å². The van der Waals surface area contributed by atoms with Crippen LogP contribution < -0.4 is 23.1 Å². The Labute approximate surface area is 638 Å². The average Bonchev–Trinajstić information content (AvgIpc) is 0.868. The van der Waals surface area contributed by atoms with Crippen molar-refractivity contribution in [2.24, 2.45) is 0 Å². The molecule has 11 rings (SSSR count). The molecule has 4 N–H and O–H groups in total. The van der Waals surface area contributed by atoms with Crippen molar-refractivity contribution < 1.29 is 59.8 Å². The van der Waals surface area contributed by atoms with Crippen molar-refractivity contribution in [3.05, 3.63) is 280 Å². The van der Waals surface area contributed by atoms with E-state index in [0.717, 1.165) is 98.7 Å². The van der Waals surface area contributed by atoms with E-state index >= 15 is 0 Å². The Bertz CT molecular complexity index is 5300. The normalized spacial score (nSPS) is 11.4. The van der Waals surface area contributed by atoms with E-state index in [0.29, 0.717) is 97.6 Å². The van der Waals surface area contributed by atoms with Crippen LogP contribution in [-0.4, -0.2) is 103 Å². The minimum absolute atomic E-state index is 0.108. The molecule has 0 fully saturated rings. The molecule has 11 aromatic rings. The molecule has 0 saturated heterocycles. The number of fused-ring (bicyclic) bond motifs is 2. The minimum atomic E-state index is -3.92. The molecule has 108 heavy (non-hydrogen) atoms. The summed E-state index contributed by atoms with van der Waals surface area (Å²) in [7, 11) is -7.65. The number of benzene rings is 10. The van der Waals surface area contributed by atoms with Crippen molar-refractivity contribution in [2.45, 2.75) is 126 Å². The van der Waals surface area contributed by atoms with Crippen LogP contribution in [-0.2, 0) is 73.4 Å². The fourth-order valence-electron chi connectivity index (χ4n) is 12.6. The first kappa shape index (κ1) is 81.4. The van der Waals surface area contributed by atoms with Crippen molar-refractivity contribution in [2.75, 3.05) is 56.9 Å². The molecule has 0 aliphatic carbocycles. The Kier molecular flexibility index (Phi) is 28.4.